The first-order chi connectivity index (χ1) is 28.4. The number of carbonyl (C=O) groups is 1. The Morgan fingerprint density at radius 2 is 1.82 bits per heavy atom. The molecule has 2 N–H and O–H groups in total. The van der Waals surface area contributed by atoms with Gasteiger partial charge in [-0.15, -0.1) is 0 Å². The van der Waals surface area contributed by atoms with Crippen LogP contribution in [0.15, 0.2) is 53.3 Å². The summed E-state index contributed by atoms with van der Waals surface area (Å²) in [7, 11) is -2.44. The van der Waals surface area contributed by atoms with Gasteiger partial charge in [-0.1, -0.05) is 24.9 Å². The summed E-state index contributed by atoms with van der Waals surface area (Å²) in [6.45, 7) is 1.34. The number of aryl methyl sites for hydroxylation is 1. The summed E-state index contributed by atoms with van der Waals surface area (Å²) in [5.41, 5.74) is -2.45. The van der Waals surface area contributed by atoms with E-state index in [1.807, 2.05) is 6.92 Å². The van der Waals surface area contributed by atoms with Crippen LogP contribution < -0.4 is 20.3 Å². The lowest BCUT2D eigenvalue weighted by Gasteiger charge is -2.24. The van der Waals surface area contributed by atoms with Crippen molar-refractivity contribution in [2.24, 2.45) is 13.0 Å². The van der Waals surface area contributed by atoms with E-state index in [-0.39, 0.29) is 61.7 Å². The van der Waals surface area contributed by atoms with Gasteiger partial charge in [-0.05, 0) is 60.7 Å². The van der Waals surface area contributed by atoms with E-state index in [0.717, 1.165) is 35.8 Å². The number of rotatable bonds is 14. The molecule has 0 spiro atoms. The predicted octanol–water partition coefficient (Wildman–Crippen LogP) is 7.20. The van der Waals surface area contributed by atoms with Crippen molar-refractivity contribution in [1.29, 1.82) is 0 Å². The number of benzene rings is 3. The van der Waals surface area contributed by atoms with Gasteiger partial charge >= 0.3 is 0 Å². The number of anilines is 1. The van der Waals surface area contributed by atoms with Gasteiger partial charge in [0.25, 0.3) is 17.9 Å². The molecule has 0 radical (unpaired) electrons. The van der Waals surface area contributed by atoms with Crippen LogP contribution in [0.3, 0.4) is 0 Å². The van der Waals surface area contributed by atoms with E-state index in [9.17, 15) is 35.6 Å². The smallest absolute Gasteiger partial charge is 0.293 e. The molecule has 21 heteroatoms. The van der Waals surface area contributed by atoms with Gasteiger partial charge in [0.1, 0.15) is 41.1 Å². The molecule has 13 nitrogen and oxygen atoms in total. The summed E-state index contributed by atoms with van der Waals surface area (Å²) in [6.07, 6.45) is -1.20. The molecule has 0 saturated heterocycles. The number of hydrogen-bond acceptors (Lipinski definition) is 8. The van der Waals surface area contributed by atoms with Crippen LogP contribution in [-0.2, 0) is 40.8 Å². The van der Waals surface area contributed by atoms with Crippen molar-refractivity contribution in [1.82, 2.24) is 34.4 Å². The Balaban J connectivity index is 1.32. The van der Waals surface area contributed by atoms with Crippen molar-refractivity contribution in [2.45, 2.75) is 63.5 Å². The van der Waals surface area contributed by atoms with Gasteiger partial charge in [0.05, 0.1) is 51.4 Å². The van der Waals surface area contributed by atoms with E-state index < -0.39 is 87.7 Å². The minimum atomic E-state index is -3.90. The normalized spacial score (nSPS) is 17.2. The maximum Gasteiger partial charge on any atom is 0.293 e. The maximum absolute atomic E-state index is 15.5. The lowest BCUT2D eigenvalue weighted by molar-refractivity contribution is -0.123. The Labute approximate surface area is 342 Å². The van der Waals surface area contributed by atoms with Crippen LogP contribution in [-0.4, -0.2) is 56.3 Å². The Morgan fingerprint density at radius 3 is 2.50 bits per heavy atom. The summed E-state index contributed by atoms with van der Waals surface area (Å²) in [6, 6.07) is 8.41. The summed E-state index contributed by atoms with van der Waals surface area (Å²) in [5, 5.41) is 10.8. The van der Waals surface area contributed by atoms with Crippen LogP contribution in [0.1, 0.15) is 72.9 Å². The zero-order valence-corrected chi connectivity index (χ0v) is 33.5. The van der Waals surface area contributed by atoms with Gasteiger partial charge in [0.2, 0.25) is 15.9 Å². The number of hydrogen-bond donors (Lipinski definition) is 2. The molecule has 0 aliphatic heterocycles. The molecule has 3 aromatic heterocycles. The summed E-state index contributed by atoms with van der Waals surface area (Å²) >= 11 is 6.60. The lowest BCUT2D eigenvalue weighted by Crippen LogP contribution is -2.38. The van der Waals surface area contributed by atoms with Crippen LogP contribution in [0, 0.1) is 17.6 Å². The number of nitrogens with zero attached hydrogens (tertiary/aromatic N) is 6. The number of alkyl halides is 4. The first-order valence-corrected chi connectivity index (χ1v) is 21.0. The fourth-order valence-corrected chi connectivity index (χ4v) is 8.72. The fraction of sp³-hybridized carbons (Fsp3) is 0.359. The Hall–Kier alpha value is -5.63. The Kier molecular flexibility index (Phi) is 10.4. The van der Waals surface area contributed by atoms with Crippen molar-refractivity contribution < 1.29 is 44.3 Å². The third-order valence-electron chi connectivity index (χ3n) is 10.5. The predicted molar refractivity (Wildman–Crippen MR) is 208 cm³/mol. The largest absolute Gasteiger partial charge is 0.494 e. The van der Waals surface area contributed by atoms with Gasteiger partial charge in [-0.25, -0.2) is 31.0 Å². The van der Waals surface area contributed by atoms with Gasteiger partial charge in [-0.2, -0.15) is 19.0 Å². The molecule has 2 aliphatic rings. The number of halogens is 7. The molecule has 3 aromatic carbocycles. The fourth-order valence-electron chi connectivity index (χ4n) is 7.98. The zero-order chi connectivity index (χ0) is 43.0. The molecular weight excluding hydrogens is 842 g/mol. The van der Waals surface area contributed by atoms with Gasteiger partial charge in [-0.3, -0.25) is 28.2 Å². The SMILES string of the molecule is CCCCOc1ccc2c(=O)n(-c3ccc(Cl)c4c(NS(C)(=O)=O)nn(C)c34)c([C@H](Cc3cc(F)cc(F)c3)NC(=O)Cn3nc(C(F)F)c4c3C(F)(F)[C@@H]3C[C@H]43)nc2c1. The first kappa shape index (κ1) is 41.1. The second kappa shape index (κ2) is 15.1. The molecule has 0 bridgehead atoms. The number of carbonyl (C=O) groups excluding carboxylic acids is 1. The van der Waals surface area contributed by atoms with Crippen molar-refractivity contribution in [2.75, 3.05) is 17.6 Å². The third kappa shape index (κ3) is 7.43. The number of nitrogens with one attached hydrogen (secondary N) is 2. The molecule has 1 amide bonds. The van der Waals surface area contributed by atoms with Crippen LogP contribution in [0.4, 0.5) is 32.2 Å². The van der Waals surface area contributed by atoms with E-state index in [1.165, 1.54) is 36.0 Å². The molecule has 0 unspecified atom stereocenters. The van der Waals surface area contributed by atoms with Crippen LogP contribution in [0.2, 0.25) is 5.02 Å². The minimum absolute atomic E-state index is 0.000833. The molecule has 6 aromatic rings. The average Bonchev–Trinajstić information content (AvgIpc) is 3.70. The van der Waals surface area contributed by atoms with Crippen molar-refractivity contribution in [3.05, 3.63) is 104 Å². The number of ether oxygens (including phenoxy) is 1. The van der Waals surface area contributed by atoms with Crippen LogP contribution in [0.25, 0.3) is 27.5 Å². The monoisotopic (exact) mass is 876 g/mol. The maximum atomic E-state index is 15.5. The zero-order valence-electron chi connectivity index (χ0n) is 31.9. The molecular formula is C39H35ClF6N8O5S. The second-order valence-corrected chi connectivity index (χ2v) is 17.1. The number of aromatic nitrogens is 6. The van der Waals surface area contributed by atoms with E-state index >= 15 is 8.78 Å². The van der Waals surface area contributed by atoms with Crippen molar-refractivity contribution in [3.8, 4) is 11.4 Å². The average molecular weight is 877 g/mol. The molecule has 60 heavy (non-hydrogen) atoms. The molecule has 3 heterocycles. The van der Waals surface area contributed by atoms with E-state index in [2.05, 4.69) is 20.2 Å². The molecule has 1 saturated carbocycles. The standard InChI is InChI=1S/C39H35ClF6N8O5S/c1-4-5-10-59-21-6-7-22-26(15-21)48-37(54(38(22)56)28-9-8-25(40)31-33(28)52(2)50-36(31)51-60(3,57)58)27(13-18-11-19(41)14-20(42)12-18)47-29(55)17-53-34-30(32(49-53)35(43)44)23-16-24(23)39(34,45)46/h6-9,11-12,14-15,23-24,27,35H,4-5,10,13,16-17H2,1-3H3,(H,47,55)(H,50,51)/t23-,24+,27-/m0/s1. The summed E-state index contributed by atoms with van der Waals surface area (Å²) in [4.78, 5) is 33.7. The summed E-state index contributed by atoms with van der Waals surface area (Å²) < 4.78 is 124. The highest BCUT2D eigenvalue weighted by Crippen LogP contribution is 2.68. The number of fused-ring (bicyclic) bond motifs is 5. The Morgan fingerprint density at radius 1 is 1.08 bits per heavy atom. The van der Waals surface area contributed by atoms with Crippen molar-refractivity contribution >= 4 is 55.2 Å². The number of sulfonamides is 1. The molecule has 3 atom stereocenters. The van der Waals surface area contributed by atoms with E-state index in [1.54, 1.807) is 6.07 Å². The first-order valence-electron chi connectivity index (χ1n) is 18.7. The Bertz CT molecular complexity index is 2880. The molecule has 316 valence electrons. The molecule has 2 aliphatic carbocycles. The third-order valence-corrected chi connectivity index (χ3v) is 11.4. The highest BCUT2D eigenvalue weighted by atomic mass is 35.5. The molecule has 8 rings (SSSR count). The highest BCUT2D eigenvalue weighted by Gasteiger charge is 2.67. The van der Waals surface area contributed by atoms with Gasteiger partial charge < -0.3 is 10.1 Å². The topological polar surface area (TPSA) is 155 Å². The van der Waals surface area contributed by atoms with Gasteiger partial charge in [0, 0.05) is 37.1 Å². The lowest BCUT2D eigenvalue weighted by atomic mass is 10.0. The van der Waals surface area contributed by atoms with Gasteiger partial charge in [0.15, 0.2) is 5.82 Å². The highest BCUT2D eigenvalue weighted by molar-refractivity contribution is 7.92. The second-order valence-electron chi connectivity index (χ2n) is 14.9. The van der Waals surface area contributed by atoms with E-state index in [4.69, 9.17) is 21.3 Å². The van der Waals surface area contributed by atoms with Crippen molar-refractivity contribution in [3.63, 3.8) is 0 Å². The quantitative estimate of drug-likeness (QED) is 0.0861. The molecule has 1 fully saturated rings. The number of amides is 1. The number of unbranched alkanes of at least 4 members (excludes halogenated alkanes) is 1. The summed E-state index contributed by atoms with van der Waals surface area (Å²) in [5.74, 6) is -8.62. The minimum Gasteiger partial charge on any atom is -0.494 e. The van der Waals surface area contributed by atoms with Crippen LogP contribution >= 0.6 is 11.6 Å². The van der Waals surface area contributed by atoms with E-state index in [0.29, 0.717) is 23.1 Å². The van der Waals surface area contributed by atoms with Crippen LogP contribution in [0.5, 0.6) is 5.75 Å².